The number of carbonyl (C=O) groups is 1. The molecule has 0 unspecified atom stereocenters. The van der Waals surface area contributed by atoms with Gasteiger partial charge in [-0.15, -0.1) is 16.4 Å². The molecule has 0 N–H and O–H groups in total. The van der Waals surface area contributed by atoms with Crippen molar-refractivity contribution in [3.8, 4) is 0 Å². The van der Waals surface area contributed by atoms with Gasteiger partial charge in [0.25, 0.3) is 5.78 Å². The number of carbonyl (C=O) groups excluding carboxylic acids is 1. The molecule has 0 atom stereocenters. The Bertz CT molecular complexity index is 1120. The van der Waals surface area contributed by atoms with Crippen molar-refractivity contribution in [1.29, 1.82) is 0 Å². The van der Waals surface area contributed by atoms with Gasteiger partial charge >= 0.3 is 5.97 Å². The fourth-order valence-corrected chi connectivity index (χ4v) is 4.07. The summed E-state index contributed by atoms with van der Waals surface area (Å²) >= 11 is 2.99. The molecular weight excluding hydrogens is 382 g/mol. The number of ether oxygens (including phenoxy) is 1. The van der Waals surface area contributed by atoms with Crippen LogP contribution in [0.5, 0.6) is 0 Å². The Morgan fingerprint density at radius 3 is 2.81 bits per heavy atom. The number of para-hydroxylation sites is 1. The quantitative estimate of drug-likeness (QED) is 0.376. The van der Waals surface area contributed by atoms with Crippen LogP contribution in [-0.2, 0) is 22.6 Å². The molecule has 0 aliphatic rings. The van der Waals surface area contributed by atoms with Crippen LogP contribution in [0.2, 0.25) is 0 Å². The van der Waals surface area contributed by atoms with E-state index in [2.05, 4.69) is 20.1 Å². The lowest BCUT2D eigenvalue weighted by atomic mass is 10.1. The first-order chi connectivity index (χ1) is 13.0. The largest absolute Gasteiger partial charge is 0.458 e. The number of fused-ring (bicyclic) bond motifs is 2. The highest BCUT2D eigenvalue weighted by molar-refractivity contribution is 7.98. The molecule has 9 heteroatoms. The number of hydrogen-bond acceptors (Lipinski definition) is 8. The van der Waals surface area contributed by atoms with E-state index in [9.17, 15) is 4.79 Å². The summed E-state index contributed by atoms with van der Waals surface area (Å²) in [5, 5.41) is 5.84. The number of thiazole rings is 1. The molecule has 0 aliphatic heterocycles. The first-order valence-corrected chi connectivity index (χ1v) is 10.4. The third-order valence-electron chi connectivity index (χ3n) is 4.23. The van der Waals surface area contributed by atoms with Crippen molar-refractivity contribution in [3.05, 3.63) is 46.2 Å². The average Bonchev–Trinajstić information content (AvgIpc) is 3.26. The van der Waals surface area contributed by atoms with Gasteiger partial charge in [0.2, 0.25) is 5.16 Å². The Morgan fingerprint density at radius 1 is 1.22 bits per heavy atom. The van der Waals surface area contributed by atoms with Crippen LogP contribution < -0.4 is 0 Å². The van der Waals surface area contributed by atoms with Crippen molar-refractivity contribution in [3.63, 3.8) is 0 Å². The molecule has 0 saturated carbocycles. The Kier molecular flexibility index (Phi) is 4.79. The molecule has 0 fully saturated rings. The Hall–Kier alpha value is -2.52. The summed E-state index contributed by atoms with van der Waals surface area (Å²) < 4.78 is 8.20. The van der Waals surface area contributed by atoms with Gasteiger partial charge in [0.1, 0.15) is 11.6 Å². The maximum Gasteiger partial charge on any atom is 0.310 e. The van der Waals surface area contributed by atoms with Gasteiger partial charge in [0, 0.05) is 17.0 Å². The zero-order chi connectivity index (χ0) is 19.0. The number of thioether (sulfide) groups is 1. The van der Waals surface area contributed by atoms with Crippen molar-refractivity contribution in [2.24, 2.45) is 0 Å². The molecule has 0 saturated heterocycles. The normalized spacial score (nSPS) is 11.4. The van der Waals surface area contributed by atoms with Gasteiger partial charge in [-0.2, -0.15) is 4.98 Å². The van der Waals surface area contributed by atoms with E-state index in [1.807, 2.05) is 44.4 Å². The fraction of sp³-hybridized carbons (Fsp3) is 0.278. The van der Waals surface area contributed by atoms with E-state index in [-0.39, 0.29) is 19.0 Å². The molecule has 1 aromatic carbocycles. The van der Waals surface area contributed by atoms with Gasteiger partial charge in [-0.1, -0.05) is 23.9 Å². The van der Waals surface area contributed by atoms with Crippen molar-refractivity contribution >= 4 is 45.1 Å². The summed E-state index contributed by atoms with van der Waals surface area (Å²) in [6, 6.07) is 7.87. The molecule has 3 aromatic heterocycles. The van der Waals surface area contributed by atoms with Crippen molar-refractivity contribution in [2.75, 3.05) is 6.26 Å². The number of esters is 1. The number of aromatic nitrogens is 5. The molecule has 0 aliphatic carbocycles. The average molecular weight is 400 g/mol. The second-order valence-corrected chi connectivity index (χ2v) is 7.87. The van der Waals surface area contributed by atoms with E-state index < -0.39 is 0 Å². The van der Waals surface area contributed by atoms with Gasteiger partial charge in [-0.3, -0.25) is 4.79 Å². The highest BCUT2D eigenvalue weighted by Crippen LogP contribution is 2.22. The minimum absolute atomic E-state index is 0.139. The molecule has 3 heterocycles. The maximum absolute atomic E-state index is 12.4. The zero-order valence-electron chi connectivity index (χ0n) is 15.1. The van der Waals surface area contributed by atoms with Gasteiger partial charge in [0.05, 0.1) is 16.6 Å². The molecular formula is C18H17N5O2S2. The highest BCUT2D eigenvalue weighted by Gasteiger charge is 2.17. The molecule has 27 heavy (non-hydrogen) atoms. The lowest BCUT2D eigenvalue weighted by Gasteiger charge is -2.09. The lowest BCUT2D eigenvalue weighted by Crippen LogP contribution is -2.13. The highest BCUT2D eigenvalue weighted by atomic mass is 32.2. The molecule has 138 valence electrons. The number of hydrogen-bond donors (Lipinski definition) is 0. The second-order valence-electron chi connectivity index (χ2n) is 5.98. The molecule has 0 bridgehead atoms. The van der Waals surface area contributed by atoms with E-state index in [1.54, 1.807) is 4.52 Å². The SMILES string of the molecule is CSc1nc2nc(C)c(CC(=O)OCc3nc4ccccc4s3)c(C)n2n1. The Morgan fingerprint density at radius 2 is 2.04 bits per heavy atom. The van der Waals surface area contributed by atoms with Gasteiger partial charge in [-0.25, -0.2) is 14.5 Å². The summed E-state index contributed by atoms with van der Waals surface area (Å²) in [6.07, 6.45) is 2.05. The van der Waals surface area contributed by atoms with E-state index in [0.717, 1.165) is 32.2 Å². The molecule has 7 nitrogen and oxygen atoms in total. The third-order valence-corrected chi connectivity index (χ3v) is 5.78. The summed E-state index contributed by atoms with van der Waals surface area (Å²) in [5.41, 5.74) is 3.35. The van der Waals surface area contributed by atoms with Crippen LogP contribution in [0, 0.1) is 13.8 Å². The van der Waals surface area contributed by atoms with E-state index in [4.69, 9.17) is 4.74 Å². The molecule has 0 spiro atoms. The Balaban J connectivity index is 1.50. The van der Waals surface area contributed by atoms with Crippen LogP contribution in [0.4, 0.5) is 0 Å². The monoisotopic (exact) mass is 399 g/mol. The summed E-state index contributed by atoms with van der Waals surface area (Å²) in [4.78, 5) is 25.7. The molecule has 0 amide bonds. The standard InChI is InChI=1S/C18H17N5O2S2/c1-10-12(11(2)23-17(19-10)21-18(22-23)26-3)8-16(24)25-9-15-20-13-6-4-5-7-14(13)27-15/h4-7H,8-9H2,1-3H3. The number of nitrogens with zero attached hydrogens (tertiary/aromatic N) is 5. The minimum atomic E-state index is -0.313. The predicted molar refractivity (Wildman–Crippen MR) is 105 cm³/mol. The summed E-state index contributed by atoms with van der Waals surface area (Å²) in [5.74, 6) is 0.229. The van der Waals surface area contributed by atoms with Crippen molar-refractivity contribution in [1.82, 2.24) is 24.6 Å². The smallest absolute Gasteiger partial charge is 0.310 e. The number of aryl methyl sites for hydroxylation is 2. The van der Waals surface area contributed by atoms with Crippen molar-refractivity contribution < 1.29 is 9.53 Å². The Labute approximate surface area is 163 Å². The van der Waals surface area contributed by atoms with Crippen LogP contribution in [-0.4, -0.2) is 36.8 Å². The molecule has 4 aromatic rings. The topological polar surface area (TPSA) is 82.3 Å². The van der Waals surface area contributed by atoms with Crippen LogP contribution in [0.25, 0.3) is 16.0 Å². The van der Waals surface area contributed by atoms with Crippen LogP contribution in [0.1, 0.15) is 22.0 Å². The van der Waals surface area contributed by atoms with E-state index in [0.29, 0.717) is 10.9 Å². The van der Waals surface area contributed by atoms with Gasteiger partial charge in [0.15, 0.2) is 0 Å². The van der Waals surface area contributed by atoms with Crippen LogP contribution in [0.15, 0.2) is 29.4 Å². The van der Waals surface area contributed by atoms with Crippen LogP contribution >= 0.6 is 23.1 Å². The molecule has 4 rings (SSSR count). The summed E-state index contributed by atoms with van der Waals surface area (Å²) in [6.45, 7) is 3.96. The summed E-state index contributed by atoms with van der Waals surface area (Å²) in [7, 11) is 0. The van der Waals surface area contributed by atoms with Gasteiger partial charge < -0.3 is 4.74 Å². The third kappa shape index (κ3) is 3.52. The van der Waals surface area contributed by atoms with Crippen LogP contribution in [0.3, 0.4) is 0 Å². The zero-order valence-corrected chi connectivity index (χ0v) is 16.7. The predicted octanol–water partition coefficient (Wildman–Crippen LogP) is 3.36. The fourth-order valence-electron chi connectivity index (χ4n) is 2.85. The van der Waals surface area contributed by atoms with Crippen molar-refractivity contribution in [2.45, 2.75) is 32.0 Å². The molecule has 0 radical (unpaired) electrons. The van der Waals surface area contributed by atoms with E-state index >= 15 is 0 Å². The number of benzene rings is 1. The first-order valence-electron chi connectivity index (χ1n) is 8.32. The minimum Gasteiger partial charge on any atom is -0.458 e. The van der Waals surface area contributed by atoms with Gasteiger partial charge in [-0.05, 0) is 32.2 Å². The first kappa shape index (κ1) is 17.9. The van der Waals surface area contributed by atoms with E-state index in [1.165, 1.54) is 23.1 Å². The second kappa shape index (κ2) is 7.24. The number of rotatable bonds is 5. The lowest BCUT2D eigenvalue weighted by molar-refractivity contribution is -0.144. The maximum atomic E-state index is 12.4.